The molecule has 0 spiro atoms. The van der Waals surface area contributed by atoms with E-state index in [4.69, 9.17) is 4.74 Å². The monoisotopic (exact) mass is 382 g/mol. The van der Waals surface area contributed by atoms with Gasteiger partial charge in [-0.2, -0.15) is 0 Å². The van der Waals surface area contributed by atoms with Crippen molar-refractivity contribution >= 4 is 33.3 Å². The van der Waals surface area contributed by atoms with Gasteiger partial charge in [0.05, 0.1) is 17.6 Å². The van der Waals surface area contributed by atoms with E-state index in [0.29, 0.717) is 12.2 Å². The Hall–Kier alpha value is -2.51. The van der Waals surface area contributed by atoms with Crippen LogP contribution in [0.15, 0.2) is 42.0 Å². The van der Waals surface area contributed by atoms with Gasteiger partial charge in [-0.15, -0.1) is 11.3 Å². The van der Waals surface area contributed by atoms with E-state index in [2.05, 4.69) is 44.0 Å². The fraction of sp³-hybridized carbons (Fsp3) is 0.350. The highest BCUT2D eigenvalue weighted by atomic mass is 32.1. The molecule has 0 atom stereocenters. The highest BCUT2D eigenvalue weighted by molar-refractivity contribution is 7.17. The van der Waals surface area contributed by atoms with Gasteiger partial charge in [0.2, 0.25) is 0 Å². The summed E-state index contributed by atoms with van der Waals surface area (Å²) >= 11 is 1.46. The summed E-state index contributed by atoms with van der Waals surface area (Å²) in [6.45, 7) is 6.79. The third kappa shape index (κ3) is 3.79. The lowest BCUT2D eigenvalue weighted by Gasteiger charge is -2.35. The Morgan fingerprint density at radius 1 is 1.15 bits per heavy atom. The van der Waals surface area contributed by atoms with Crippen LogP contribution in [0, 0.1) is 0 Å². The van der Waals surface area contributed by atoms with Crippen LogP contribution >= 0.6 is 11.3 Å². The maximum absolute atomic E-state index is 12.3. The van der Waals surface area contributed by atoms with Gasteiger partial charge in [-0.3, -0.25) is 4.90 Å². The minimum atomic E-state index is -0.303. The molecule has 3 aromatic rings. The Morgan fingerprint density at radius 3 is 2.67 bits per heavy atom. The molecule has 3 heterocycles. The standard InChI is InChI=1S/C20H22N4O2S/c1-2-26-20(25)16-13-27-19-17(16)18(21-14-22-19)24-10-8-23(9-11-24)12-15-6-4-3-5-7-15/h3-7,13-14H,2,8-12H2,1H3. The average molecular weight is 382 g/mol. The number of carbonyl (C=O) groups excluding carboxylic acids is 1. The summed E-state index contributed by atoms with van der Waals surface area (Å²) in [7, 11) is 0. The third-order valence-corrected chi connectivity index (χ3v) is 5.65. The number of esters is 1. The summed E-state index contributed by atoms with van der Waals surface area (Å²) in [6.07, 6.45) is 1.58. The van der Waals surface area contributed by atoms with Crippen molar-refractivity contribution in [2.45, 2.75) is 13.5 Å². The second-order valence-corrected chi connectivity index (χ2v) is 7.35. The van der Waals surface area contributed by atoms with E-state index in [1.54, 1.807) is 6.33 Å². The van der Waals surface area contributed by atoms with Crippen molar-refractivity contribution in [1.82, 2.24) is 14.9 Å². The summed E-state index contributed by atoms with van der Waals surface area (Å²) < 4.78 is 5.21. The molecule has 0 amide bonds. The lowest BCUT2D eigenvalue weighted by molar-refractivity contribution is 0.0529. The summed E-state index contributed by atoms with van der Waals surface area (Å²) in [6, 6.07) is 10.5. The number of carbonyl (C=O) groups is 1. The lowest BCUT2D eigenvalue weighted by Crippen LogP contribution is -2.46. The third-order valence-electron chi connectivity index (χ3n) is 4.77. The molecule has 1 aliphatic rings. The van der Waals surface area contributed by atoms with Crippen LogP contribution in [0.4, 0.5) is 5.82 Å². The predicted octanol–water partition coefficient (Wildman–Crippen LogP) is 3.19. The Morgan fingerprint density at radius 2 is 1.93 bits per heavy atom. The van der Waals surface area contributed by atoms with Gasteiger partial charge in [0.15, 0.2) is 0 Å². The molecule has 1 saturated heterocycles. The molecule has 27 heavy (non-hydrogen) atoms. The van der Waals surface area contributed by atoms with Crippen LogP contribution in [-0.2, 0) is 11.3 Å². The van der Waals surface area contributed by atoms with Crippen LogP contribution in [0.3, 0.4) is 0 Å². The molecule has 0 saturated carbocycles. The minimum absolute atomic E-state index is 0.303. The van der Waals surface area contributed by atoms with Crippen LogP contribution in [0.25, 0.3) is 10.2 Å². The fourth-order valence-corrected chi connectivity index (χ4v) is 4.29. The van der Waals surface area contributed by atoms with E-state index in [1.807, 2.05) is 18.4 Å². The molecule has 1 aromatic carbocycles. The Kier molecular flexibility index (Phi) is 5.31. The summed E-state index contributed by atoms with van der Waals surface area (Å²) in [5, 5.41) is 2.64. The number of hydrogen-bond acceptors (Lipinski definition) is 7. The van der Waals surface area contributed by atoms with E-state index >= 15 is 0 Å². The van der Waals surface area contributed by atoms with E-state index in [1.165, 1.54) is 16.9 Å². The highest BCUT2D eigenvalue weighted by Crippen LogP contribution is 2.32. The van der Waals surface area contributed by atoms with Crippen LogP contribution in [0.5, 0.6) is 0 Å². The number of thiophene rings is 1. The normalized spacial score (nSPS) is 15.2. The molecule has 0 aliphatic carbocycles. The lowest BCUT2D eigenvalue weighted by atomic mass is 10.2. The van der Waals surface area contributed by atoms with Crippen LogP contribution in [0.2, 0.25) is 0 Å². The molecule has 6 nitrogen and oxygen atoms in total. The average Bonchev–Trinajstić information content (AvgIpc) is 3.14. The van der Waals surface area contributed by atoms with E-state index < -0.39 is 0 Å². The van der Waals surface area contributed by atoms with Gasteiger partial charge in [-0.05, 0) is 12.5 Å². The Balaban J connectivity index is 1.52. The van der Waals surface area contributed by atoms with Gasteiger partial charge in [0.1, 0.15) is 17.0 Å². The summed E-state index contributed by atoms with van der Waals surface area (Å²) in [5.41, 5.74) is 1.90. The number of aromatic nitrogens is 2. The topological polar surface area (TPSA) is 58.6 Å². The quantitative estimate of drug-likeness (QED) is 0.632. The van der Waals surface area contributed by atoms with Crippen molar-refractivity contribution in [3.05, 3.63) is 53.2 Å². The van der Waals surface area contributed by atoms with Crippen LogP contribution in [0.1, 0.15) is 22.8 Å². The van der Waals surface area contributed by atoms with Crippen LogP contribution in [-0.4, -0.2) is 53.6 Å². The zero-order valence-electron chi connectivity index (χ0n) is 15.3. The minimum Gasteiger partial charge on any atom is -0.462 e. The van der Waals surface area contributed by atoms with Gasteiger partial charge in [-0.25, -0.2) is 14.8 Å². The fourth-order valence-electron chi connectivity index (χ4n) is 3.42. The van der Waals surface area contributed by atoms with Gasteiger partial charge in [0, 0.05) is 38.1 Å². The molecular formula is C20H22N4O2S. The van der Waals surface area contributed by atoms with Crippen molar-refractivity contribution in [3.8, 4) is 0 Å². The summed E-state index contributed by atoms with van der Waals surface area (Å²) in [5.74, 6) is 0.533. The van der Waals surface area contributed by atoms with Crippen molar-refractivity contribution in [2.24, 2.45) is 0 Å². The number of hydrogen-bond donors (Lipinski definition) is 0. The molecule has 0 bridgehead atoms. The first-order chi connectivity index (χ1) is 13.3. The number of ether oxygens (including phenoxy) is 1. The molecule has 0 unspecified atom stereocenters. The van der Waals surface area contributed by atoms with E-state index in [9.17, 15) is 4.79 Å². The van der Waals surface area contributed by atoms with E-state index in [0.717, 1.165) is 48.8 Å². The zero-order chi connectivity index (χ0) is 18.6. The molecule has 2 aromatic heterocycles. The molecule has 0 radical (unpaired) electrons. The molecule has 4 rings (SSSR count). The molecule has 7 heteroatoms. The van der Waals surface area contributed by atoms with E-state index in [-0.39, 0.29) is 5.97 Å². The van der Waals surface area contributed by atoms with Crippen molar-refractivity contribution in [2.75, 3.05) is 37.7 Å². The van der Waals surface area contributed by atoms with Gasteiger partial charge in [-0.1, -0.05) is 30.3 Å². The largest absolute Gasteiger partial charge is 0.462 e. The predicted molar refractivity (Wildman–Crippen MR) is 107 cm³/mol. The Labute approximate surface area is 162 Å². The second kappa shape index (κ2) is 8.02. The van der Waals surface area contributed by atoms with Gasteiger partial charge >= 0.3 is 5.97 Å². The number of rotatable bonds is 5. The SMILES string of the molecule is CCOC(=O)c1csc2ncnc(N3CCN(Cc4ccccc4)CC3)c12. The zero-order valence-corrected chi connectivity index (χ0v) is 16.1. The first-order valence-electron chi connectivity index (χ1n) is 9.17. The van der Waals surface area contributed by atoms with Gasteiger partial charge in [0.25, 0.3) is 0 Å². The highest BCUT2D eigenvalue weighted by Gasteiger charge is 2.24. The van der Waals surface area contributed by atoms with Crippen molar-refractivity contribution < 1.29 is 9.53 Å². The Bertz CT molecular complexity index is 920. The molecule has 1 fully saturated rings. The summed E-state index contributed by atoms with van der Waals surface area (Å²) in [4.78, 5) is 26.7. The van der Waals surface area contributed by atoms with Crippen molar-refractivity contribution in [1.29, 1.82) is 0 Å². The maximum atomic E-state index is 12.3. The molecular weight excluding hydrogens is 360 g/mol. The smallest absolute Gasteiger partial charge is 0.339 e. The molecule has 1 aliphatic heterocycles. The number of fused-ring (bicyclic) bond motifs is 1. The number of benzene rings is 1. The molecule has 0 N–H and O–H groups in total. The maximum Gasteiger partial charge on any atom is 0.339 e. The van der Waals surface area contributed by atoms with Gasteiger partial charge < -0.3 is 9.64 Å². The molecule has 140 valence electrons. The van der Waals surface area contributed by atoms with Crippen LogP contribution < -0.4 is 4.90 Å². The second-order valence-electron chi connectivity index (χ2n) is 6.50. The number of piperazine rings is 1. The van der Waals surface area contributed by atoms with Crippen molar-refractivity contribution in [3.63, 3.8) is 0 Å². The number of anilines is 1. The first kappa shape index (κ1) is 17.9. The number of nitrogens with zero attached hydrogens (tertiary/aromatic N) is 4. The first-order valence-corrected chi connectivity index (χ1v) is 10.0.